The van der Waals surface area contributed by atoms with E-state index in [0.29, 0.717) is 23.6 Å². The van der Waals surface area contributed by atoms with Crippen LogP contribution in [-0.2, 0) is 13.7 Å². The summed E-state index contributed by atoms with van der Waals surface area (Å²) in [4.78, 5) is 12.5. The summed E-state index contributed by atoms with van der Waals surface area (Å²) in [5.41, 5.74) is 1.83. The second-order valence-corrected chi connectivity index (χ2v) is 4.88. The largest absolute Gasteiger partial charge is 0.488 e. The molecule has 1 heterocycles. The molecule has 0 aliphatic heterocycles. The highest BCUT2D eigenvalue weighted by Gasteiger charge is 2.17. The van der Waals surface area contributed by atoms with Crippen LogP contribution in [0.2, 0.25) is 0 Å². The summed E-state index contributed by atoms with van der Waals surface area (Å²) in [6.07, 6.45) is 1.59. The lowest BCUT2D eigenvalue weighted by Gasteiger charge is -2.10. The van der Waals surface area contributed by atoms with Crippen LogP contribution in [0.15, 0.2) is 60.8 Å². The first kappa shape index (κ1) is 14.0. The van der Waals surface area contributed by atoms with Crippen LogP contribution in [0, 0.1) is 0 Å². The number of rotatable bonds is 5. The van der Waals surface area contributed by atoms with Crippen LogP contribution in [0.4, 0.5) is 0 Å². The maximum atomic E-state index is 12.5. The quantitative estimate of drug-likeness (QED) is 0.679. The normalized spacial score (nSPS) is 10.4. The van der Waals surface area contributed by atoms with E-state index >= 15 is 0 Å². The molecule has 22 heavy (non-hydrogen) atoms. The number of aryl methyl sites for hydroxylation is 1. The third-order valence-corrected chi connectivity index (χ3v) is 3.20. The van der Waals surface area contributed by atoms with Crippen LogP contribution >= 0.6 is 0 Å². The monoisotopic (exact) mass is 293 g/mol. The maximum Gasteiger partial charge on any atom is 0.218 e. The third-order valence-electron chi connectivity index (χ3n) is 3.20. The van der Waals surface area contributed by atoms with Crippen molar-refractivity contribution in [2.24, 2.45) is 7.05 Å². The predicted molar refractivity (Wildman–Crippen MR) is 81.7 cm³/mol. The minimum absolute atomic E-state index is 0.197. The molecule has 5 nitrogen and oxygen atoms in total. The van der Waals surface area contributed by atoms with Crippen LogP contribution in [0.3, 0.4) is 0 Å². The van der Waals surface area contributed by atoms with Gasteiger partial charge in [0.2, 0.25) is 5.78 Å². The van der Waals surface area contributed by atoms with E-state index in [9.17, 15) is 4.79 Å². The van der Waals surface area contributed by atoms with Crippen LogP contribution in [0.5, 0.6) is 5.75 Å². The van der Waals surface area contributed by atoms with E-state index in [1.807, 2.05) is 36.4 Å². The molecule has 0 atom stereocenters. The van der Waals surface area contributed by atoms with Crippen molar-refractivity contribution in [3.05, 3.63) is 77.6 Å². The number of para-hydroxylation sites is 1. The zero-order valence-corrected chi connectivity index (χ0v) is 12.1. The van der Waals surface area contributed by atoms with Gasteiger partial charge in [0.25, 0.3) is 0 Å². The molecule has 0 aliphatic rings. The minimum Gasteiger partial charge on any atom is -0.488 e. The Labute approximate surface area is 128 Å². The molecule has 3 aromatic rings. The van der Waals surface area contributed by atoms with Crippen LogP contribution in [-0.4, -0.2) is 20.8 Å². The molecule has 110 valence electrons. The van der Waals surface area contributed by atoms with Gasteiger partial charge in [-0.15, -0.1) is 5.10 Å². The molecular weight excluding hydrogens is 278 g/mol. The summed E-state index contributed by atoms with van der Waals surface area (Å²) >= 11 is 0. The van der Waals surface area contributed by atoms with Crippen molar-refractivity contribution in [3.63, 3.8) is 0 Å². The highest BCUT2D eigenvalue weighted by molar-refractivity contribution is 6.09. The zero-order valence-electron chi connectivity index (χ0n) is 12.1. The molecule has 0 aliphatic carbocycles. The highest BCUT2D eigenvalue weighted by Crippen LogP contribution is 2.21. The van der Waals surface area contributed by atoms with E-state index < -0.39 is 0 Å². The summed E-state index contributed by atoms with van der Waals surface area (Å²) in [7, 11) is 1.72. The molecule has 0 unspecified atom stereocenters. The lowest BCUT2D eigenvalue weighted by molar-refractivity contribution is 0.103. The molecule has 0 fully saturated rings. The molecule has 0 spiro atoms. The van der Waals surface area contributed by atoms with Gasteiger partial charge in [0.1, 0.15) is 12.4 Å². The number of hydrogen-bond donors (Lipinski definition) is 0. The fraction of sp³-hybridized carbons (Fsp3) is 0.118. The van der Waals surface area contributed by atoms with Crippen molar-refractivity contribution < 1.29 is 9.53 Å². The fourth-order valence-corrected chi connectivity index (χ4v) is 2.10. The van der Waals surface area contributed by atoms with Gasteiger partial charge in [-0.25, -0.2) is 0 Å². The Hall–Kier alpha value is -2.95. The Morgan fingerprint density at radius 2 is 1.82 bits per heavy atom. The average molecular weight is 293 g/mol. The van der Waals surface area contributed by atoms with E-state index in [-0.39, 0.29) is 5.78 Å². The first-order valence-electron chi connectivity index (χ1n) is 6.91. The van der Waals surface area contributed by atoms with Crippen molar-refractivity contribution in [3.8, 4) is 5.75 Å². The highest BCUT2D eigenvalue weighted by atomic mass is 16.5. The van der Waals surface area contributed by atoms with Gasteiger partial charge >= 0.3 is 0 Å². The van der Waals surface area contributed by atoms with Crippen molar-refractivity contribution in [2.45, 2.75) is 6.61 Å². The topological polar surface area (TPSA) is 57.0 Å². The van der Waals surface area contributed by atoms with Gasteiger partial charge in [-0.2, -0.15) is 0 Å². The number of ether oxygens (including phenoxy) is 1. The summed E-state index contributed by atoms with van der Waals surface area (Å²) in [5, 5.41) is 7.65. The number of carbonyl (C=O) groups excluding carboxylic acids is 1. The Morgan fingerprint density at radius 1 is 1.09 bits per heavy atom. The van der Waals surface area contributed by atoms with Crippen LogP contribution < -0.4 is 4.74 Å². The van der Waals surface area contributed by atoms with Gasteiger partial charge < -0.3 is 4.74 Å². The predicted octanol–water partition coefficient (Wildman–Crippen LogP) is 2.63. The Kier molecular flexibility index (Phi) is 3.96. The molecule has 1 aromatic heterocycles. The van der Waals surface area contributed by atoms with Crippen molar-refractivity contribution in [2.75, 3.05) is 0 Å². The van der Waals surface area contributed by atoms with Gasteiger partial charge in [0.15, 0.2) is 5.69 Å². The molecule has 0 saturated carbocycles. The Bertz CT molecular complexity index is 781. The maximum absolute atomic E-state index is 12.5. The molecule has 0 radical (unpaired) electrons. The Morgan fingerprint density at radius 3 is 2.55 bits per heavy atom. The molecule has 3 rings (SSSR count). The fourth-order valence-electron chi connectivity index (χ4n) is 2.10. The number of hydrogen-bond acceptors (Lipinski definition) is 4. The summed E-state index contributed by atoms with van der Waals surface area (Å²) < 4.78 is 7.30. The first-order valence-corrected chi connectivity index (χ1v) is 6.91. The summed E-state index contributed by atoms with van der Waals surface area (Å²) in [6.45, 7) is 0.408. The van der Waals surface area contributed by atoms with Gasteiger partial charge in [-0.05, 0) is 17.7 Å². The lowest BCUT2D eigenvalue weighted by atomic mass is 10.1. The van der Waals surface area contributed by atoms with E-state index in [1.165, 1.54) is 4.68 Å². The van der Waals surface area contributed by atoms with E-state index in [4.69, 9.17) is 4.74 Å². The number of aromatic nitrogens is 3. The van der Waals surface area contributed by atoms with Crippen molar-refractivity contribution in [1.82, 2.24) is 15.0 Å². The summed E-state index contributed by atoms with van der Waals surface area (Å²) in [5.74, 6) is 0.346. The molecule has 0 N–H and O–H groups in total. The number of nitrogens with zero attached hydrogens (tertiary/aromatic N) is 3. The molecule has 0 saturated heterocycles. The third kappa shape index (κ3) is 3.03. The van der Waals surface area contributed by atoms with Gasteiger partial charge in [0.05, 0.1) is 11.8 Å². The van der Waals surface area contributed by atoms with Gasteiger partial charge in [-0.1, -0.05) is 47.7 Å². The minimum atomic E-state index is -0.197. The van der Waals surface area contributed by atoms with Crippen molar-refractivity contribution >= 4 is 5.78 Å². The van der Waals surface area contributed by atoms with E-state index in [0.717, 1.165) is 5.56 Å². The second-order valence-electron chi connectivity index (χ2n) is 4.88. The number of carbonyl (C=O) groups is 1. The first-order chi connectivity index (χ1) is 10.7. The SMILES string of the molecule is Cn1cc(C(=O)c2ccccc2OCc2ccccc2)nn1. The van der Waals surface area contributed by atoms with Crippen LogP contribution in [0.25, 0.3) is 0 Å². The number of benzene rings is 2. The lowest BCUT2D eigenvalue weighted by Crippen LogP contribution is -2.06. The van der Waals surface area contributed by atoms with Gasteiger partial charge in [0, 0.05) is 7.05 Å². The summed E-state index contributed by atoms with van der Waals surface area (Å²) in [6, 6.07) is 17.0. The van der Waals surface area contributed by atoms with E-state index in [1.54, 1.807) is 31.4 Å². The second kappa shape index (κ2) is 6.22. The van der Waals surface area contributed by atoms with E-state index in [2.05, 4.69) is 10.3 Å². The van der Waals surface area contributed by atoms with Crippen LogP contribution in [0.1, 0.15) is 21.6 Å². The molecule has 2 aromatic carbocycles. The standard InChI is InChI=1S/C17H15N3O2/c1-20-11-15(18-19-20)17(21)14-9-5-6-10-16(14)22-12-13-7-3-2-4-8-13/h2-11H,12H2,1H3. The molecule has 0 amide bonds. The molecular formula is C17H15N3O2. The average Bonchev–Trinajstić information content (AvgIpc) is 3.00. The zero-order chi connectivity index (χ0) is 15.4. The smallest absolute Gasteiger partial charge is 0.218 e. The molecule has 0 bridgehead atoms. The Balaban J connectivity index is 1.82. The van der Waals surface area contributed by atoms with Gasteiger partial charge in [-0.3, -0.25) is 9.48 Å². The molecule has 5 heteroatoms. The van der Waals surface area contributed by atoms with Crippen molar-refractivity contribution in [1.29, 1.82) is 0 Å². The number of ketones is 1.